The van der Waals surface area contributed by atoms with Gasteiger partial charge >= 0.3 is 6.18 Å². The molecule has 2 aromatic rings. The largest absolute Gasteiger partial charge is 0.416 e. The molecule has 0 fully saturated rings. The Labute approximate surface area is 166 Å². The Morgan fingerprint density at radius 3 is 2.15 bits per heavy atom. The fraction of sp³-hybridized carbons (Fsp3) is 0.350. The van der Waals surface area contributed by atoms with Gasteiger partial charge in [0.2, 0.25) is 5.91 Å². The molecule has 2 rings (SSSR count). The third-order valence-corrected chi connectivity index (χ3v) is 6.26. The second-order valence-electron chi connectivity index (χ2n) is 6.53. The van der Waals surface area contributed by atoms with E-state index in [-0.39, 0.29) is 10.7 Å². The number of halogens is 4. The van der Waals surface area contributed by atoms with Crippen molar-refractivity contribution in [2.75, 3.05) is 5.32 Å². The van der Waals surface area contributed by atoms with Crippen LogP contribution in [0.25, 0.3) is 0 Å². The maximum Gasteiger partial charge on any atom is 0.416 e. The molecule has 146 valence electrons. The zero-order valence-electron chi connectivity index (χ0n) is 15.7. The Balaban J connectivity index is 2.23. The molecule has 1 N–H and O–H groups in total. The molecule has 0 heterocycles. The summed E-state index contributed by atoms with van der Waals surface area (Å²) in [6.45, 7) is 9.74. The maximum absolute atomic E-state index is 12.9. The van der Waals surface area contributed by atoms with Crippen LogP contribution in [0.2, 0.25) is 5.02 Å². The number of hydrogen-bond donors (Lipinski definition) is 1. The number of carbonyl (C=O) groups excluding carboxylic acids is 1. The lowest BCUT2D eigenvalue weighted by Crippen LogP contribution is -2.23. The Morgan fingerprint density at radius 1 is 1.07 bits per heavy atom. The molecule has 27 heavy (non-hydrogen) atoms. The topological polar surface area (TPSA) is 29.1 Å². The molecule has 0 unspecified atom stereocenters. The zero-order valence-corrected chi connectivity index (χ0v) is 17.3. The first-order chi connectivity index (χ1) is 12.4. The highest BCUT2D eigenvalue weighted by Crippen LogP contribution is 2.36. The van der Waals surface area contributed by atoms with E-state index in [4.69, 9.17) is 11.6 Å². The molecule has 0 bridgehead atoms. The first-order valence-corrected chi connectivity index (χ1v) is 9.59. The van der Waals surface area contributed by atoms with Crippen LogP contribution in [0.3, 0.4) is 0 Å². The predicted octanol–water partition coefficient (Wildman–Crippen LogP) is 6.71. The second-order valence-corrected chi connectivity index (χ2v) is 8.29. The van der Waals surface area contributed by atoms with Crippen molar-refractivity contribution < 1.29 is 18.0 Å². The molecule has 1 amide bonds. The number of nitrogens with one attached hydrogen (secondary N) is 1. The summed E-state index contributed by atoms with van der Waals surface area (Å²) in [5, 5.41) is 2.08. The van der Waals surface area contributed by atoms with E-state index in [1.54, 1.807) is 6.92 Å². The Kier molecular flexibility index (Phi) is 6.53. The third-order valence-electron chi connectivity index (χ3n) is 4.51. The second kappa shape index (κ2) is 8.15. The molecule has 0 saturated heterocycles. The fourth-order valence-electron chi connectivity index (χ4n) is 2.62. The average molecular weight is 416 g/mol. The number of aryl methyl sites for hydroxylation is 2. The number of benzene rings is 2. The van der Waals surface area contributed by atoms with Crippen LogP contribution in [0, 0.1) is 27.7 Å². The van der Waals surface area contributed by atoms with E-state index in [0.29, 0.717) is 0 Å². The number of carbonyl (C=O) groups is 1. The smallest absolute Gasteiger partial charge is 0.324 e. The van der Waals surface area contributed by atoms with Gasteiger partial charge in [-0.05, 0) is 75.1 Å². The van der Waals surface area contributed by atoms with Crippen molar-refractivity contribution in [3.8, 4) is 0 Å². The number of alkyl halides is 3. The predicted molar refractivity (Wildman–Crippen MR) is 106 cm³/mol. The van der Waals surface area contributed by atoms with Gasteiger partial charge in [0.25, 0.3) is 0 Å². The van der Waals surface area contributed by atoms with Crippen LogP contribution >= 0.6 is 23.4 Å². The lowest BCUT2D eigenvalue weighted by Gasteiger charge is -2.19. The van der Waals surface area contributed by atoms with Crippen LogP contribution < -0.4 is 5.32 Å². The zero-order chi connectivity index (χ0) is 20.5. The van der Waals surface area contributed by atoms with E-state index >= 15 is 0 Å². The minimum Gasteiger partial charge on any atom is -0.324 e. The normalized spacial score (nSPS) is 12.8. The van der Waals surface area contributed by atoms with E-state index in [1.165, 1.54) is 11.8 Å². The quantitative estimate of drug-likeness (QED) is 0.562. The van der Waals surface area contributed by atoms with Gasteiger partial charge in [-0.1, -0.05) is 17.7 Å². The molecule has 1 atom stereocenters. The van der Waals surface area contributed by atoms with Crippen molar-refractivity contribution in [2.45, 2.75) is 50.9 Å². The summed E-state index contributed by atoms with van der Waals surface area (Å²) in [7, 11) is 0. The summed E-state index contributed by atoms with van der Waals surface area (Å²) in [5.74, 6) is -0.404. The van der Waals surface area contributed by atoms with Crippen molar-refractivity contribution in [1.29, 1.82) is 0 Å². The van der Waals surface area contributed by atoms with Gasteiger partial charge in [-0.25, -0.2) is 0 Å². The van der Waals surface area contributed by atoms with E-state index in [0.717, 1.165) is 45.3 Å². The van der Waals surface area contributed by atoms with Crippen molar-refractivity contribution in [3.05, 3.63) is 57.1 Å². The van der Waals surface area contributed by atoms with Gasteiger partial charge in [0.1, 0.15) is 0 Å². The lowest BCUT2D eigenvalue weighted by molar-refractivity contribution is -0.137. The number of rotatable bonds is 4. The fourth-order valence-corrected chi connectivity index (χ4v) is 3.98. The summed E-state index contributed by atoms with van der Waals surface area (Å²) < 4.78 is 38.7. The summed E-state index contributed by atoms with van der Waals surface area (Å²) in [6, 6.07) is 4.97. The van der Waals surface area contributed by atoms with Crippen LogP contribution in [-0.2, 0) is 11.0 Å². The summed E-state index contributed by atoms with van der Waals surface area (Å²) in [6.07, 6.45) is -4.50. The third kappa shape index (κ3) is 4.99. The first kappa shape index (κ1) is 21.6. The van der Waals surface area contributed by atoms with E-state index in [2.05, 4.69) is 11.4 Å². The Morgan fingerprint density at radius 2 is 1.63 bits per heavy atom. The molecule has 0 aromatic heterocycles. The summed E-state index contributed by atoms with van der Waals surface area (Å²) in [4.78, 5) is 13.6. The van der Waals surface area contributed by atoms with Gasteiger partial charge in [-0.15, -0.1) is 11.8 Å². The van der Waals surface area contributed by atoms with Gasteiger partial charge in [-0.3, -0.25) is 4.79 Å². The molecule has 0 saturated carbocycles. The Hall–Kier alpha value is -1.66. The first-order valence-electron chi connectivity index (χ1n) is 8.33. The molecular formula is C20H21ClF3NOS. The molecule has 0 aliphatic carbocycles. The van der Waals surface area contributed by atoms with Crippen molar-refractivity contribution in [1.82, 2.24) is 0 Å². The number of anilines is 1. The highest BCUT2D eigenvalue weighted by molar-refractivity contribution is 8.00. The van der Waals surface area contributed by atoms with E-state index in [1.807, 2.05) is 27.7 Å². The molecule has 7 heteroatoms. The van der Waals surface area contributed by atoms with Gasteiger partial charge in [0.15, 0.2) is 0 Å². The number of amides is 1. The van der Waals surface area contributed by atoms with Crippen LogP contribution in [0.15, 0.2) is 29.2 Å². The van der Waals surface area contributed by atoms with Crippen LogP contribution in [0.4, 0.5) is 18.9 Å². The van der Waals surface area contributed by atoms with Gasteiger partial charge < -0.3 is 5.32 Å². The molecular weight excluding hydrogens is 395 g/mol. The van der Waals surface area contributed by atoms with Crippen molar-refractivity contribution >= 4 is 35.0 Å². The summed E-state index contributed by atoms with van der Waals surface area (Å²) >= 11 is 7.35. The molecule has 0 aliphatic heterocycles. The van der Waals surface area contributed by atoms with Crippen LogP contribution in [0.5, 0.6) is 0 Å². The van der Waals surface area contributed by atoms with Crippen molar-refractivity contribution in [2.24, 2.45) is 0 Å². The molecule has 2 nitrogen and oxygen atoms in total. The Bertz CT molecular complexity index is 854. The molecule has 0 spiro atoms. The number of hydrogen-bond acceptors (Lipinski definition) is 2. The van der Waals surface area contributed by atoms with E-state index < -0.39 is 22.9 Å². The minimum absolute atomic E-state index is 0.0437. The van der Waals surface area contributed by atoms with E-state index in [9.17, 15) is 18.0 Å². The summed E-state index contributed by atoms with van der Waals surface area (Å²) in [5.41, 5.74) is 3.56. The van der Waals surface area contributed by atoms with Crippen LogP contribution in [0.1, 0.15) is 34.7 Å². The van der Waals surface area contributed by atoms with Gasteiger partial charge in [-0.2, -0.15) is 13.2 Å². The number of thioether (sulfide) groups is 1. The minimum atomic E-state index is -4.50. The van der Waals surface area contributed by atoms with Gasteiger partial charge in [0, 0.05) is 4.90 Å². The highest BCUT2D eigenvalue weighted by atomic mass is 35.5. The molecule has 0 radical (unpaired) electrons. The highest BCUT2D eigenvalue weighted by Gasteiger charge is 2.31. The van der Waals surface area contributed by atoms with Crippen molar-refractivity contribution in [3.63, 3.8) is 0 Å². The average Bonchev–Trinajstić information content (AvgIpc) is 2.57. The molecule has 2 aromatic carbocycles. The lowest BCUT2D eigenvalue weighted by atomic mass is 10.0. The van der Waals surface area contributed by atoms with Gasteiger partial charge in [0.05, 0.1) is 21.5 Å². The SMILES string of the molecule is Cc1cc(C)c(C)c(S[C@H](C)C(=O)Nc2cc(C(F)(F)F)ccc2Cl)c1C. The standard InChI is InChI=1S/C20H21ClF3NOS/c1-10-8-11(2)13(4)18(12(10)3)27-14(5)19(26)25-17-9-15(20(22,23)24)6-7-16(17)21/h6-9,14H,1-5H3,(H,25,26)/t14-/m1/s1. The maximum atomic E-state index is 12.9. The van der Waals surface area contributed by atoms with Crippen LogP contribution in [-0.4, -0.2) is 11.2 Å². The monoisotopic (exact) mass is 415 g/mol. The molecule has 0 aliphatic rings.